The molecule has 0 aliphatic rings. The summed E-state index contributed by atoms with van der Waals surface area (Å²) in [5, 5.41) is 10.2. The predicted octanol–water partition coefficient (Wildman–Crippen LogP) is 3.91. The Morgan fingerprint density at radius 2 is 1.81 bits per heavy atom. The van der Waals surface area contributed by atoms with Crippen LogP contribution in [-0.4, -0.2) is 27.8 Å². The second-order valence-corrected chi connectivity index (χ2v) is 6.94. The molecule has 0 bridgehead atoms. The number of alkyl halides is 3. The Bertz CT molecular complexity index is 1070. The number of halogens is 4. The van der Waals surface area contributed by atoms with E-state index >= 15 is 0 Å². The van der Waals surface area contributed by atoms with Gasteiger partial charge in [-0.2, -0.15) is 18.3 Å². The van der Waals surface area contributed by atoms with E-state index < -0.39 is 17.6 Å². The summed E-state index contributed by atoms with van der Waals surface area (Å²) in [5.74, 6) is 0.0583. The molecular weight excluding hydrogens is 412 g/mol. The molecule has 0 aliphatic heterocycles. The molecule has 3 rings (SSSR count). The van der Waals surface area contributed by atoms with Gasteiger partial charge in [0.25, 0.3) is 0 Å². The van der Waals surface area contributed by atoms with Crippen molar-refractivity contribution in [3.63, 3.8) is 0 Å². The molecule has 0 fully saturated rings. The maximum atomic E-state index is 13.2. The van der Waals surface area contributed by atoms with Crippen molar-refractivity contribution in [3.8, 4) is 5.82 Å². The van der Waals surface area contributed by atoms with Gasteiger partial charge < -0.3 is 10.6 Å². The average Bonchev–Trinajstić information content (AvgIpc) is 3.06. The Hall–Kier alpha value is -3.43. The minimum absolute atomic E-state index is 0.0762. The van der Waals surface area contributed by atoms with E-state index in [-0.39, 0.29) is 12.1 Å². The fraction of sp³-hybridized carbons (Fsp3) is 0.286. The number of aliphatic imine (C=N–C) groups is 1. The van der Waals surface area contributed by atoms with Crippen molar-refractivity contribution in [3.05, 3.63) is 76.5 Å². The highest BCUT2D eigenvalue weighted by Gasteiger charge is 2.33. The molecule has 10 heteroatoms. The molecule has 6 nitrogen and oxygen atoms in total. The molecule has 164 valence electrons. The van der Waals surface area contributed by atoms with Gasteiger partial charge in [-0.1, -0.05) is 12.1 Å². The molecule has 0 saturated carbocycles. The summed E-state index contributed by atoms with van der Waals surface area (Å²) in [5.41, 5.74) is 1.63. The normalized spacial score (nSPS) is 12.2. The lowest BCUT2D eigenvalue weighted by atomic mass is 10.1. The van der Waals surface area contributed by atoms with Crippen molar-refractivity contribution in [2.24, 2.45) is 4.99 Å². The molecule has 3 aromatic rings. The number of hydrogen-bond donors (Lipinski definition) is 2. The summed E-state index contributed by atoms with van der Waals surface area (Å²) in [7, 11) is 1.51. The topological polar surface area (TPSA) is 67.1 Å². The zero-order valence-corrected chi connectivity index (χ0v) is 17.3. The molecule has 0 aliphatic carbocycles. The molecule has 2 aromatic heterocycles. The Labute approximate surface area is 177 Å². The number of aryl methyl sites for hydroxylation is 2. The molecule has 0 amide bonds. The largest absolute Gasteiger partial charge is 0.416 e. The summed E-state index contributed by atoms with van der Waals surface area (Å²) in [4.78, 5) is 8.42. The van der Waals surface area contributed by atoms with E-state index in [0.29, 0.717) is 24.4 Å². The molecule has 2 N–H and O–H groups in total. The van der Waals surface area contributed by atoms with Gasteiger partial charge in [0.1, 0.15) is 5.82 Å². The van der Waals surface area contributed by atoms with E-state index in [0.717, 1.165) is 29.1 Å². The quantitative estimate of drug-likeness (QED) is 0.363. The van der Waals surface area contributed by atoms with Crippen molar-refractivity contribution in [2.45, 2.75) is 33.1 Å². The van der Waals surface area contributed by atoms with Crippen molar-refractivity contribution < 1.29 is 17.6 Å². The zero-order valence-electron chi connectivity index (χ0n) is 17.3. The summed E-state index contributed by atoms with van der Waals surface area (Å²) in [6.07, 6.45) is -2.96. The number of nitrogens with zero attached hydrogens (tertiary/aromatic N) is 4. The van der Waals surface area contributed by atoms with Crippen molar-refractivity contribution >= 4 is 5.96 Å². The van der Waals surface area contributed by atoms with Gasteiger partial charge in [0.15, 0.2) is 11.8 Å². The van der Waals surface area contributed by atoms with Crippen LogP contribution in [-0.2, 0) is 19.3 Å². The van der Waals surface area contributed by atoms with Crippen LogP contribution in [0.4, 0.5) is 17.6 Å². The molecule has 31 heavy (non-hydrogen) atoms. The van der Waals surface area contributed by atoms with Crippen LogP contribution >= 0.6 is 0 Å². The van der Waals surface area contributed by atoms with Gasteiger partial charge in [-0.25, -0.2) is 14.1 Å². The van der Waals surface area contributed by atoms with Gasteiger partial charge in [0.2, 0.25) is 0 Å². The maximum absolute atomic E-state index is 13.2. The third kappa shape index (κ3) is 5.59. The number of nitrogens with one attached hydrogen (secondary N) is 2. The molecule has 0 saturated heterocycles. The first-order chi connectivity index (χ1) is 14.7. The smallest absolute Gasteiger partial charge is 0.352 e. The van der Waals surface area contributed by atoms with Crippen LogP contribution in [0.3, 0.4) is 0 Å². The first kappa shape index (κ1) is 22.3. The van der Waals surface area contributed by atoms with Gasteiger partial charge >= 0.3 is 6.18 Å². The SMILES string of the molecule is CN=C(NCc1ccc(-n2nc(C)cc2C)nc1)NCc1ccc(F)cc1C(F)(F)F. The lowest BCUT2D eigenvalue weighted by Gasteiger charge is -2.16. The average molecular weight is 434 g/mol. The summed E-state index contributed by atoms with van der Waals surface area (Å²) in [6.45, 7) is 4.05. The van der Waals surface area contributed by atoms with E-state index in [4.69, 9.17) is 0 Å². The van der Waals surface area contributed by atoms with Crippen LogP contribution in [0.1, 0.15) is 28.1 Å². The van der Waals surface area contributed by atoms with Gasteiger partial charge in [-0.15, -0.1) is 0 Å². The van der Waals surface area contributed by atoms with E-state index in [9.17, 15) is 17.6 Å². The monoisotopic (exact) mass is 434 g/mol. The first-order valence-corrected chi connectivity index (χ1v) is 9.46. The van der Waals surface area contributed by atoms with Crippen LogP contribution in [0, 0.1) is 19.7 Å². The third-order valence-electron chi connectivity index (χ3n) is 4.54. The molecule has 0 unspecified atom stereocenters. The van der Waals surface area contributed by atoms with E-state index in [2.05, 4.69) is 25.7 Å². The molecular formula is C21H22F4N6. The van der Waals surface area contributed by atoms with Crippen LogP contribution in [0.25, 0.3) is 5.82 Å². The highest BCUT2D eigenvalue weighted by Crippen LogP contribution is 2.32. The minimum atomic E-state index is -4.64. The number of guanidine groups is 1. The lowest BCUT2D eigenvalue weighted by molar-refractivity contribution is -0.138. The van der Waals surface area contributed by atoms with E-state index in [1.54, 1.807) is 10.9 Å². The third-order valence-corrected chi connectivity index (χ3v) is 4.54. The Balaban J connectivity index is 1.61. The Morgan fingerprint density at radius 3 is 2.39 bits per heavy atom. The Kier molecular flexibility index (Phi) is 6.57. The van der Waals surface area contributed by atoms with Crippen molar-refractivity contribution in [1.29, 1.82) is 0 Å². The van der Waals surface area contributed by atoms with Crippen LogP contribution in [0.5, 0.6) is 0 Å². The van der Waals surface area contributed by atoms with Gasteiger partial charge in [-0.05, 0) is 49.2 Å². The van der Waals surface area contributed by atoms with E-state index in [1.807, 2.05) is 32.0 Å². The molecule has 0 spiro atoms. The summed E-state index contributed by atoms with van der Waals surface area (Å²) in [6, 6.07) is 8.27. The fourth-order valence-electron chi connectivity index (χ4n) is 3.06. The summed E-state index contributed by atoms with van der Waals surface area (Å²) < 4.78 is 54.4. The van der Waals surface area contributed by atoms with Crippen LogP contribution in [0.2, 0.25) is 0 Å². The highest BCUT2D eigenvalue weighted by atomic mass is 19.4. The minimum Gasteiger partial charge on any atom is -0.352 e. The Morgan fingerprint density at radius 1 is 1.06 bits per heavy atom. The second kappa shape index (κ2) is 9.15. The molecule has 2 heterocycles. The first-order valence-electron chi connectivity index (χ1n) is 9.46. The number of benzene rings is 1. The number of aromatic nitrogens is 3. The maximum Gasteiger partial charge on any atom is 0.416 e. The zero-order chi connectivity index (χ0) is 22.6. The van der Waals surface area contributed by atoms with Gasteiger partial charge in [0.05, 0.1) is 11.3 Å². The predicted molar refractivity (Wildman–Crippen MR) is 109 cm³/mol. The number of rotatable bonds is 5. The van der Waals surface area contributed by atoms with Gasteiger partial charge in [-0.3, -0.25) is 4.99 Å². The van der Waals surface area contributed by atoms with Crippen LogP contribution in [0.15, 0.2) is 47.6 Å². The second-order valence-electron chi connectivity index (χ2n) is 6.94. The van der Waals surface area contributed by atoms with Gasteiger partial charge in [0, 0.05) is 32.0 Å². The molecule has 1 aromatic carbocycles. The molecule has 0 radical (unpaired) electrons. The number of pyridine rings is 1. The van der Waals surface area contributed by atoms with E-state index in [1.165, 1.54) is 7.05 Å². The lowest BCUT2D eigenvalue weighted by Crippen LogP contribution is -2.36. The van der Waals surface area contributed by atoms with Crippen molar-refractivity contribution in [2.75, 3.05) is 7.05 Å². The fourth-order valence-corrected chi connectivity index (χ4v) is 3.06. The van der Waals surface area contributed by atoms with Crippen molar-refractivity contribution in [1.82, 2.24) is 25.4 Å². The standard InChI is InChI=1S/C21H22F4N6/c1-13-8-14(2)31(30-13)19-7-4-15(10-27-19)11-28-20(26-3)29-12-16-5-6-17(22)9-18(16)21(23,24)25/h4-10H,11-12H2,1-3H3,(H2,26,28,29). The highest BCUT2D eigenvalue weighted by molar-refractivity contribution is 5.79. The number of hydrogen-bond acceptors (Lipinski definition) is 3. The summed E-state index contributed by atoms with van der Waals surface area (Å²) >= 11 is 0. The molecule has 0 atom stereocenters. The van der Waals surface area contributed by atoms with Crippen LogP contribution < -0.4 is 10.6 Å².